The number of fused-ring (bicyclic) bond motifs is 9. The fourth-order valence-electron chi connectivity index (χ4n) is 9.23. The van der Waals surface area contributed by atoms with Gasteiger partial charge in [-0.25, -0.2) is 0 Å². The summed E-state index contributed by atoms with van der Waals surface area (Å²) in [7, 11) is 0. The average molecular weight is 754 g/mol. The van der Waals surface area contributed by atoms with Crippen LogP contribution in [0.2, 0.25) is 0 Å². The van der Waals surface area contributed by atoms with Crippen molar-refractivity contribution in [2.75, 3.05) is 4.90 Å². The smallest absolute Gasteiger partial charge is 0.159 e. The molecule has 0 spiro atoms. The van der Waals surface area contributed by atoms with Crippen molar-refractivity contribution in [3.63, 3.8) is 0 Å². The summed E-state index contributed by atoms with van der Waals surface area (Å²) >= 11 is 0. The molecule has 0 aliphatic heterocycles. The van der Waals surface area contributed by atoms with E-state index in [1.165, 1.54) is 43.8 Å². The molecule has 12 rings (SSSR count). The lowest BCUT2D eigenvalue weighted by Crippen LogP contribution is -2.10. The first-order valence-corrected chi connectivity index (χ1v) is 20.1. The lowest BCUT2D eigenvalue weighted by Gasteiger charge is -2.26. The average Bonchev–Trinajstić information content (AvgIpc) is 3.89. The summed E-state index contributed by atoms with van der Waals surface area (Å²) < 4.78 is 13.3. The molecule has 0 bridgehead atoms. The molecular weight excluding hydrogens is 719 g/mol. The van der Waals surface area contributed by atoms with Crippen molar-refractivity contribution in [1.82, 2.24) is 0 Å². The van der Waals surface area contributed by atoms with Crippen molar-refractivity contribution in [1.29, 1.82) is 0 Å². The Bertz CT molecular complexity index is 3440. The second-order valence-corrected chi connectivity index (χ2v) is 15.2. The fraction of sp³-hybridized carbons (Fsp3) is 0. The quantitative estimate of drug-likeness (QED) is 0.158. The molecule has 3 heteroatoms. The minimum Gasteiger partial charge on any atom is -0.454 e. The Balaban J connectivity index is 1.03. The van der Waals surface area contributed by atoms with Gasteiger partial charge in [-0.15, -0.1) is 0 Å². The second kappa shape index (κ2) is 13.4. The zero-order valence-corrected chi connectivity index (χ0v) is 32.0. The van der Waals surface area contributed by atoms with Gasteiger partial charge in [0.2, 0.25) is 0 Å². The molecule has 276 valence electrons. The van der Waals surface area contributed by atoms with Crippen LogP contribution < -0.4 is 4.90 Å². The third-order valence-electron chi connectivity index (χ3n) is 11.9. The first-order valence-electron chi connectivity index (χ1n) is 20.1. The third kappa shape index (κ3) is 5.29. The van der Waals surface area contributed by atoms with Crippen LogP contribution in [0.15, 0.2) is 221 Å². The van der Waals surface area contributed by atoms with Crippen molar-refractivity contribution in [3.8, 4) is 33.4 Å². The highest BCUT2D eigenvalue weighted by atomic mass is 16.3. The number of benzene rings is 10. The minimum atomic E-state index is 0.829. The summed E-state index contributed by atoms with van der Waals surface area (Å²) in [5.41, 5.74) is 13.4. The molecule has 0 aliphatic carbocycles. The maximum Gasteiger partial charge on any atom is 0.159 e. The number of anilines is 3. The minimum absolute atomic E-state index is 0.829. The predicted octanol–water partition coefficient (Wildman–Crippen LogP) is 16.3. The molecule has 12 aromatic rings. The summed E-state index contributed by atoms with van der Waals surface area (Å²) in [6.45, 7) is 0. The predicted molar refractivity (Wildman–Crippen MR) is 247 cm³/mol. The van der Waals surface area contributed by atoms with Gasteiger partial charge in [-0.3, -0.25) is 0 Å². The number of nitrogens with zero attached hydrogens (tertiary/aromatic N) is 1. The van der Waals surface area contributed by atoms with Crippen LogP contribution in [0.4, 0.5) is 17.1 Å². The van der Waals surface area contributed by atoms with Crippen molar-refractivity contribution in [2.45, 2.75) is 0 Å². The molecule has 0 saturated carbocycles. The van der Waals surface area contributed by atoms with Crippen LogP contribution in [0, 0.1) is 0 Å². The number of hydrogen-bond donors (Lipinski definition) is 0. The number of rotatable bonds is 6. The van der Waals surface area contributed by atoms with E-state index in [9.17, 15) is 0 Å². The van der Waals surface area contributed by atoms with Crippen LogP contribution in [0.5, 0.6) is 0 Å². The van der Waals surface area contributed by atoms with Crippen molar-refractivity contribution in [2.24, 2.45) is 0 Å². The molecule has 0 radical (unpaired) electrons. The Morgan fingerprint density at radius 3 is 1.27 bits per heavy atom. The zero-order valence-electron chi connectivity index (χ0n) is 32.0. The summed E-state index contributed by atoms with van der Waals surface area (Å²) in [4.78, 5) is 2.28. The van der Waals surface area contributed by atoms with Gasteiger partial charge in [-0.1, -0.05) is 170 Å². The van der Waals surface area contributed by atoms with Gasteiger partial charge in [0.15, 0.2) is 11.2 Å². The van der Waals surface area contributed by atoms with E-state index in [1.54, 1.807) is 0 Å². The van der Waals surface area contributed by atoms with Gasteiger partial charge in [-0.2, -0.15) is 0 Å². The molecule has 0 atom stereocenters. The van der Waals surface area contributed by atoms with Gasteiger partial charge < -0.3 is 13.7 Å². The van der Waals surface area contributed by atoms with E-state index >= 15 is 0 Å². The van der Waals surface area contributed by atoms with Gasteiger partial charge >= 0.3 is 0 Å². The van der Waals surface area contributed by atoms with Crippen LogP contribution in [-0.2, 0) is 0 Å². The first kappa shape index (κ1) is 33.3. The maximum atomic E-state index is 6.65. The largest absolute Gasteiger partial charge is 0.454 e. The molecule has 0 N–H and O–H groups in total. The highest BCUT2D eigenvalue weighted by molar-refractivity contribution is 6.22. The van der Waals surface area contributed by atoms with E-state index < -0.39 is 0 Å². The molecule has 0 fully saturated rings. The molecule has 2 heterocycles. The van der Waals surface area contributed by atoms with Crippen LogP contribution in [0.1, 0.15) is 0 Å². The van der Waals surface area contributed by atoms with Crippen molar-refractivity contribution in [3.05, 3.63) is 212 Å². The summed E-state index contributed by atoms with van der Waals surface area (Å²) in [6.07, 6.45) is 0. The molecule has 0 amide bonds. The SMILES string of the molecule is c1ccc(-c2c(-c3cccc(-c4ccc(N(c5cccc6c5oc5ccccc56)c5cccc6c5oc5ccccc56)cc4)c3)c3ccccc3c3ccccc23)cc1. The highest BCUT2D eigenvalue weighted by Crippen LogP contribution is 2.48. The van der Waals surface area contributed by atoms with Gasteiger partial charge in [0.1, 0.15) is 11.2 Å². The third-order valence-corrected chi connectivity index (χ3v) is 11.9. The molecule has 10 aromatic carbocycles. The van der Waals surface area contributed by atoms with E-state index in [0.29, 0.717) is 0 Å². The number of para-hydroxylation sites is 4. The molecule has 3 nitrogen and oxygen atoms in total. The van der Waals surface area contributed by atoms with Gasteiger partial charge in [-0.05, 0) is 97.4 Å². The van der Waals surface area contributed by atoms with Crippen LogP contribution in [0.25, 0.3) is 98.8 Å². The normalized spacial score (nSPS) is 11.7. The fourth-order valence-corrected chi connectivity index (χ4v) is 9.23. The van der Waals surface area contributed by atoms with Crippen LogP contribution in [0.3, 0.4) is 0 Å². The zero-order chi connectivity index (χ0) is 38.9. The molecular formula is C56H35NO2. The summed E-state index contributed by atoms with van der Waals surface area (Å²) in [6, 6.07) is 75.6. The Morgan fingerprint density at radius 1 is 0.271 bits per heavy atom. The van der Waals surface area contributed by atoms with E-state index in [0.717, 1.165) is 72.1 Å². The van der Waals surface area contributed by atoms with Gasteiger partial charge in [0, 0.05) is 27.2 Å². The monoisotopic (exact) mass is 753 g/mol. The molecule has 0 aliphatic rings. The Morgan fingerprint density at radius 2 is 0.695 bits per heavy atom. The first-order chi connectivity index (χ1) is 29.3. The number of furan rings is 2. The lowest BCUT2D eigenvalue weighted by atomic mass is 9.84. The van der Waals surface area contributed by atoms with E-state index in [1.807, 2.05) is 24.3 Å². The molecule has 59 heavy (non-hydrogen) atoms. The summed E-state index contributed by atoms with van der Waals surface area (Å²) in [5.74, 6) is 0. The topological polar surface area (TPSA) is 29.5 Å². The van der Waals surface area contributed by atoms with E-state index in [4.69, 9.17) is 8.83 Å². The lowest BCUT2D eigenvalue weighted by molar-refractivity contribution is 0.666. The Labute approximate surface area is 340 Å². The van der Waals surface area contributed by atoms with Crippen molar-refractivity contribution >= 4 is 82.5 Å². The van der Waals surface area contributed by atoms with Gasteiger partial charge in [0.25, 0.3) is 0 Å². The maximum absolute atomic E-state index is 6.65. The second-order valence-electron chi connectivity index (χ2n) is 15.2. The van der Waals surface area contributed by atoms with Gasteiger partial charge in [0.05, 0.1) is 11.4 Å². The van der Waals surface area contributed by atoms with Crippen LogP contribution in [-0.4, -0.2) is 0 Å². The molecule has 0 saturated heterocycles. The highest BCUT2D eigenvalue weighted by Gasteiger charge is 2.24. The number of hydrogen-bond acceptors (Lipinski definition) is 3. The van der Waals surface area contributed by atoms with E-state index in [-0.39, 0.29) is 0 Å². The Hall–Kier alpha value is -7.88. The Kier molecular flexibility index (Phi) is 7.54. The summed E-state index contributed by atoms with van der Waals surface area (Å²) in [5, 5.41) is 9.35. The van der Waals surface area contributed by atoms with Crippen LogP contribution >= 0.6 is 0 Å². The standard InChI is InChI=1S/C56H35NO2/c1-2-15-37(16-3-1)53-45-23-6-4-19-41(45)42-20-5-7-24-46(42)54(53)39-18-12-17-38(35-39)36-31-33-40(34-32-36)57(49-27-13-25-47-43-21-8-10-29-51(43)58-55(47)49)50-28-14-26-48-44-22-9-11-30-52(44)59-56(48)50/h1-35H. The molecule has 0 unspecified atom stereocenters. The molecule has 2 aromatic heterocycles. The van der Waals surface area contributed by atoms with E-state index in [2.05, 4.69) is 193 Å². The van der Waals surface area contributed by atoms with Crippen molar-refractivity contribution < 1.29 is 8.83 Å².